The number of alkyl halides is 1. The molecular formula is C14H14BrClOS. The molecule has 0 saturated carbocycles. The third-order valence-corrected chi connectivity index (χ3v) is 5.68. The Morgan fingerprint density at radius 3 is 2.44 bits per heavy atom. The first-order valence-corrected chi connectivity index (χ1v) is 7.62. The van der Waals surface area contributed by atoms with E-state index in [4.69, 9.17) is 16.3 Å². The minimum absolute atomic E-state index is 0.106. The lowest BCUT2D eigenvalue weighted by Crippen LogP contribution is -1.95. The van der Waals surface area contributed by atoms with Gasteiger partial charge in [-0.2, -0.15) is 0 Å². The van der Waals surface area contributed by atoms with Crippen LogP contribution in [0.4, 0.5) is 0 Å². The van der Waals surface area contributed by atoms with Crippen molar-refractivity contribution < 1.29 is 4.74 Å². The average Bonchev–Trinajstić information content (AvgIpc) is 2.68. The first-order chi connectivity index (χ1) is 8.52. The molecule has 2 aromatic rings. The molecule has 0 amide bonds. The average molecular weight is 346 g/mol. The molecule has 1 aromatic heterocycles. The van der Waals surface area contributed by atoms with Crippen molar-refractivity contribution in [3.63, 3.8) is 0 Å². The van der Waals surface area contributed by atoms with Crippen LogP contribution < -0.4 is 4.74 Å². The minimum atomic E-state index is -0.106. The molecular weight excluding hydrogens is 332 g/mol. The number of methoxy groups -OCH3 is 1. The van der Waals surface area contributed by atoms with Crippen LogP contribution >= 0.6 is 38.9 Å². The largest absolute Gasteiger partial charge is 0.497 e. The van der Waals surface area contributed by atoms with Crippen LogP contribution in [-0.2, 0) is 0 Å². The lowest BCUT2D eigenvalue weighted by atomic mass is 10.0. The Morgan fingerprint density at radius 1 is 1.22 bits per heavy atom. The molecule has 1 unspecified atom stereocenters. The van der Waals surface area contributed by atoms with Gasteiger partial charge in [0.05, 0.1) is 16.3 Å². The lowest BCUT2D eigenvalue weighted by Gasteiger charge is -2.12. The Bertz CT molecular complexity index is 545. The van der Waals surface area contributed by atoms with Crippen LogP contribution in [0.25, 0.3) is 0 Å². The quantitative estimate of drug-likeness (QED) is 0.671. The summed E-state index contributed by atoms with van der Waals surface area (Å²) in [6, 6.07) is 8.14. The Labute approximate surface area is 125 Å². The molecule has 0 aliphatic rings. The van der Waals surface area contributed by atoms with Crippen molar-refractivity contribution >= 4 is 38.9 Å². The van der Waals surface area contributed by atoms with E-state index < -0.39 is 0 Å². The van der Waals surface area contributed by atoms with Gasteiger partial charge in [-0.1, -0.05) is 6.07 Å². The molecule has 0 fully saturated rings. The molecule has 96 valence electrons. The summed E-state index contributed by atoms with van der Waals surface area (Å²) >= 11 is 11.8. The molecule has 0 N–H and O–H groups in total. The Balaban J connectivity index is 2.36. The third kappa shape index (κ3) is 2.73. The van der Waals surface area contributed by atoms with Gasteiger partial charge in [-0.15, -0.1) is 22.9 Å². The van der Waals surface area contributed by atoms with Crippen molar-refractivity contribution in [2.24, 2.45) is 0 Å². The molecule has 0 bridgehead atoms. The fourth-order valence-electron chi connectivity index (χ4n) is 1.82. The highest BCUT2D eigenvalue weighted by molar-refractivity contribution is 9.11. The fraction of sp³-hybridized carbons (Fsp3) is 0.286. The molecule has 1 nitrogen and oxygen atoms in total. The summed E-state index contributed by atoms with van der Waals surface area (Å²) < 4.78 is 6.36. The highest BCUT2D eigenvalue weighted by Crippen LogP contribution is 2.39. The van der Waals surface area contributed by atoms with E-state index in [1.165, 1.54) is 5.56 Å². The standard InChI is InChI=1S/C14H14BrClOS/c1-8-6-10(17-3)4-5-11(8)13(16)12-7-9(2)14(15)18-12/h4-7,13H,1-3H3. The van der Waals surface area contributed by atoms with E-state index in [0.717, 1.165) is 25.5 Å². The van der Waals surface area contributed by atoms with Gasteiger partial charge in [0.2, 0.25) is 0 Å². The zero-order valence-electron chi connectivity index (χ0n) is 10.5. The summed E-state index contributed by atoms with van der Waals surface area (Å²) in [5.41, 5.74) is 3.51. The first-order valence-electron chi connectivity index (χ1n) is 5.57. The predicted octanol–water partition coefficient (Wildman–Crippen LogP) is 5.46. The Hall–Kier alpha value is -0.510. The van der Waals surface area contributed by atoms with Gasteiger partial charge < -0.3 is 4.74 Å². The molecule has 0 spiro atoms. The molecule has 0 radical (unpaired) electrons. The lowest BCUT2D eigenvalue weighted by molar-refractivity contribution is 0.414. The molecule has 0 aliphatic carbocycles. The molecule has 1 aromatic carbocycles. The summed E-state index contributed by atoms with van der Waals surface area (Å²) in [5, 5.41) is -0.106. The summed E-state index contributed by atoms with van der Waals surface area (Å²) in [5.74, 6) is 0.864. The second-order valence-corrected chi connectivity index (χ2v) is 7.03. The normalized spacial score (nSPS) is 12.5. The van der Waals surface area contributed by atoms with Crippen molar-refractivity contribution in [2.75, 3.05) is 7.11 Å². The van der Waals surface area contributed by atoms with E-state index in [1.54, 1.807) is 18.4 Å². The van der Waals surface area contributed by atoms with Gasteiger partial charge in [0.1, 0.15) is 5.75 Å². The zero-order chi connectivity index (χ0) is 13.3. The number of hydrogen-bond acceptors (Lipinski definition) is 2. The summed E-state index contributed by atoms with van der Waals surface area (Å²) in [4.78, 5) is 1.16. The maximum atomic E-state index is 6.57. The maximum absolute atomic E-state index is 6.57. The van der Waals surface area contributed by atoms with Gasteiger partial charge in [0.15, 0.2) is 0 Å². The predicted molar refractivity (Wildman–Crippen MR) is 82.2 cm³/mol. The molecule has 4 heteroatoms. The first kappa shape index (κ1) is 13.9. The number of aryl methyl sites for hydroxylation is 2. The van der Waals surface area contributed by atoms with Crippen LogP contribution in [0.5, 0.6) is 5.75 Å². The minimum Gasteiger partial charge on any atom is -0.497 e. The van der Waals surface area contributed by atoms with Crippen LogP contribution in [0.1, 0.15) is 26.9 Å². The highest BCUT2D eigenvalue weighted by Gasteiger charge is 2.17. The SMILES string of the molecule is COc1ccc(C(Cl)c2cc(C)c(Br)s2)c(C)c1. The van der Waals surface area contributed by atoms with E-state index in [2.05, 4.69) is 35.8 Å². The Kier molecular flexibility index (Phi) is 4.36. The summed E-state index contributed by atoms with van der Waals surface area (Å²) in [6.07, 6.45) is 0. The van der Waals surface area contributed by atoms with E-state index in [0.29, 0.717) is 0 Å². The van der Waals surface area contributed by atoms with Crippen molar-refractivity contribution in [2.45, 2.75) is 19.2 Å². The van der Waals surface area contributed by atoms with Crippen molar-refractivity contribution in [1.82, 2.24) is 0 Å². The van der Waals surface area contributed by atoms with Crippen LogP contribution in [0, 0.1) is 13.8 Å². The second-order valence-electron chi connectivity index (χ2n) is 4.19. The molecule has 1 heterocycles. The molecule has 0 aliphatic heterocycles. The van der Waals surface area contributed by atoms with Crippen molar-refractivity contribution in [3.05, 3.63) is 49.6 Å². The van der Waals surface area contributed by atoms with Crippen LogP contribution in [0.3, 0.4) is 0 Å². The van der Waals surface area contributed by atoms with Gasteiger partial charge in [-0.3, -0.25) is 0 Å². The highest BCUT2D eigenvalue weighted by atomic mass is 79.9. The molecule has 1 atom stereocenters. The van der Waals surface area contributed by atoms with Crippen LogP contribution in [-0.4, -0.2) is 7.11 Å². The van der Waals surface area contributed by atoms with Gasteiger partial charge in [-0.05, 0) is 64.7 Å². The number of hydrogen-bond donors (Lipinski definition) is 0. The van der Waals surface area contributed by atoms with Gasteiger partial charge in [-0.25, -0.2) is 0 Å². The zero-order valence-corrected chi connectivity index (χ0v) is 13.6. The number of rotatable bonds is 3. The van der Waals surface area contributed by atoms with E-state index in [9.17, 15) is 0 Å². The number of benzene rings is 1. The van der Waals surface area contributed by atoms with E-state index in [1.807, 2.05) is 18.2 Å². The third-order valence-electron chi connectivity index (χ3n) is 2.88. The fourth-order valence-corrected chi connectivity index (χ4v) is 3.83. The monoisotopic (exact) mass is 344 g/mol. The Morgan fingerprint density at radius 2 is 1.94 bits per heavy atom. The molecule has 18 heavy (non-hydrogen) atoms. The van der Waals surface area contributed by atoms with E-state index >= 15 is 0 Å². The van der Waals surface area contributed by atoms with E-state index in [-0.39, 0.29) is 5.38 Å². The molecule has 0 saturated heterocycles. The molecule has 2 rings (SSSR count). The topological polar surface area (TPSA) is 9.23 Å². The van der Waals surface area contributed by atoms with Crippen molar-refractivity contribution in [1.29, 1.82) is 0 Å². The number of halogens is 2. The number of ether oxygens (including phenoxy) is 1. The second kappa shape index (κ2) is 5.64. The van der Waals surface area contributed by atoms with Crippen molar-refractivity contribution in [3.8, 4) is 5.75 Å². The van der Waals surface area contributed by atoms with Gasteiger partial charge in [0.25, 0.3) is 0 Å². The summed E-state index contributed by atoms with van der Waals surface area (Å²) in [6.45, 7) is 4.14. The number of thiophene rings is 1. The van der Waals surface area contributed by atoms with Gasteiger partial charge >= 0.3 is 0 Å². The maximum Gasteiger partial charge on any atom is 0.119 e. The van der Waals surface area contributed by atoms with Crippen LogP contribution in [0.2, 0.25) is 0 Å². The summed E-state index contributed by atoms with van der Waals surface area (Å²) in [7, 11) is 1.67. The van der Waals surface area contributed by atoms with Gasteiger partial charge in [0, 0.05) is 4.88 Å². The smallest absolute Gasteiger partial charge is 0.119 e. The van der Waals surface area contributed by atoms with Crippen LogP contribution in [0.15, 0.2) is 28.1 Å².